The van der Waals surface area contributed by atoms with Crippen LogP contribution in [0, 0.1) is 12.7 Å². The van der Waals surface area contributed by atoms with Gasteiger partial charge in [-0.1, -0.05) is 0 Å². The minimum atomic E-state index is -2.99. The fourth-order valence-corrected chi connectivity index (χ4v) is 3.12. The topological polar surface area (TPSA) is 81.4 Å². The van der Waals surface area contributed by atoms with Gasteiger partial charge in [0.1, 0.15) is 12.4 Å². The zero-order valence-corrected chi connectivity index (χ0v) is 18.1. The van der Waals surface area contributed by atoms with Gasteiger partial charge in [-0.15, -0.1) is 10.2 Å². The van der Waals surface area contributed by atoms with Crippen LogP contribution in [0.2, 0.25) is 0 Å². The molecule has 0 aliphatic heterocycles. The van der Waals surface area contributed by atoms with Crippen LogP contribution in [0.25, 0.3) is 11.5 Å². The number of ether oxygens (including phenoxy) is 1. The lowest BCUT2D eigenvalue weighted by Gasteiger charge is -2.28. The molecule has 0 bridgehead atoms. The summed E-state index contributed by atoms with van der Waals surface area (Å²) in [6.07, 6.45) is 1.06. The van der Waals surface area contributed by atoms with Gasteiger partial charge in [-0.25, -0.2) is 18.2 Å². The normalized spacial score (nSPS) is 12.5. The van der Waals surface area contributed by atoms with Gasteiger partial charge in [-0.3, -0.25) is 4.79 Å². The number of aromatic nitrogens is 3. The average Bonchev–Trinajstić information content (AvgIpc) is 3.18. The van der Waals surface area contributed by atoms with Crippen LogP contribution in [0.15, 0.2) is 40.9 Å². The van der Waals surface area contributed by atoms with Crippen LogP contribution in [0.5, 0.6) is 5.88 Å². The Kier molecular flexibility index (Phi) is 6.81. The smallest absolute Gasteiger partial charge is 0.272 e. The summed E-state index contributed by atoms with van der Waals surface area (Å²) in [5.41, 5.74) is 0.180. The van der Waals surface area contributed by atoms with Crippen molar-refractivity contribution in [1.82, 2.24) is 20.1 Å². The van der Waals surface area contributed by atoms with E-state index < -0.39 is 17.8 Å². The maximum atomic E-state index is 13.9. The van der Waals surface area contributed by atoms with Gasteiger partial charge in [-0.05, 0) is 38.1 Å². The third-order valence-electron chi connectivity index (χ3n) is 4.82. The molecule has 2 aromatic heterocycles. The van der Waals surface area contributed by atoms with Gasteiger partial charge in [0, 0.05) is 38.2 Å². The standard InChI is InChI=1S/C22H23F3N4O3/c1-5-29(13(2)12-31-19-9-6-15(11-26-19)22(4,24)25)21(30)17-8-7-16(23)10-18(17)20-28-27-14(3)32-20/h6-11,13H,5,12H2,1-4H3/t13-/m0/s1. The number of alkyl halides is 2. The quantitative estimate of drug-likeness (QED) is 0.500. The molecule has 3 aromatic rings. The molecule has 3 rings (SSSR count). The van der Waals surface area contributed by atoms with E-state index in [1.165, 1.54) is 35.2 Å². The highest BCUT2D eigenvalue weighted by Gasteiger charge is 2.26. The Morgan fingerprint density at radius 3 is 2.56 bits per heavy atom. The lowest BCUT2D eigenvalue weighted by Crippen LogP contribution is -2.42. The number of likely N-dealkylation sites (N-methyl/N-ethyl adjacent to an activating group) is 1. The molecule has 1 aromatic carbocycles. The molecule has 170 valence electrons. The zero-order valence-electron chi connectivity index (χ0n) is 18.1. The second-order valence-corrected chi connectivity index (χ2v) is 7.34. The molecule has 1 amide bonds. The Labute approximate surface area is 183 Å². The molecule has 0 N–H and O–H groups in total. The van der Waals surface area contributed by atoms with Crippen LogP contribution < -0.4 is 4.74 Å². The van der Waals surface area contributed by atoms with Crippen LogP contribution in [0.1, 0.15) is 42.6 Å². The first-order valence-corrected chi connectivity index (χ1v) is 9.98. The average molecular weight is 448 g/mol. The molecule has 7 nitrogen and oxygen atoms in total. The van der Waals surface area contributed by atoms with Gasteiger partial charge in [0.15, 0.2) is 0 Å². The van der Waals surface area contributed by atoms with E-state index in [0.717, 1.165) is 13.1 Å². The first-order chi connectivity index (χ1) is 15.1. The van der Waals surface area contributed by atoms with E-state index in [2.05, 4.69) is 15.2 Å². The fraction of sp³-hybridized carbons (Fsp3) is 0.364. The largest absolute Gasteiger partial charge is 0.475 e. The van der Waals surface area contributed by atoms with Crippen LogP contribution >= 0.6 is 0 Å². The summed E-state index contributed by atoms with van der Waals surface area (Å²) in [7, 11) is 0. The maximum absolute atomic E-state index is 13.9. The summed E-state index contributed by atoms with van der Waals surface area (Å²) >= 11 is 0. The highest BCUT2D eigenvalue weighted by Crippen LogP contribution is 2.28. The second-order valence-electron chi connectivity index (χ2n) is 7.34. The van der Waals surface area contributed by atoms with Crippen LogP contribution in [0.4, 0.5) is 13.2 Å². The van der Waals surface area contributed by atoms with E-state index in [1.54, 1.807) is 20.8 Å². The number of carbonyl (C=O) groups is 1. The highest BCUT2D eigenvalue weighted by atomic mass is 19.3. The monoisotopic (exact) mass is 448 g/mol. The van der Waals surface area contributed by atoms with Crippen molar-refractivity contribution in [1.29, 1.82) is 0 Å². The second kappa shape index (κ2) is 9.37. The van der Waals surface area contributed by atoms with Crippen LogP contribution in [-0.4, -0.2) is 45.2 Å². The van der Waals surface area contributed by atoms with Crippen molar-refractivity contribution in [3.63, 3.8) is 0 Å². The van der Waals surface area contributed by atoms with Gasteiger partial charge < -0.3 is 14.1 Å². The number of amides is 1. The van der Waals surface area contributed by atoms with E-state index in [0.29, 0.717) is 6.54 Å². The third-order valence-corrected chi connectivity index (χ3v) is 4.82. The molecule has 0 aliphatic carbocycles. The molecular weight excluding hydrogens is 425 g/mol. The number of hydrogen-bond donors (Lipinski definition) is 0. The fourth-order valence-electron chi connectivity index (χ4n) is 3.12. The number of pyridine rings is 1. The minimum absolute atomic E-state index is 0.0438. The molecule has 1 atom stereocenters. The van der Waals surface area contributed by atoms with Crippen molar-refractivity contribution in [2.45, 2.75) is 39.7 Å². The van der Waals surface area contributed by atoms with E-state index >= 15 is 0 Å². The molecule has 10 heteroatoms. The van der Waals surface area contributed by atoms with Crippen LogP contribution in [-0.2, 0) is 5.92 Å². The Balaban J connectivity index is 1.76. The molecule has 0 radical (unpaired) electrons. The van der Waals surface area contributed by atoms with Crippen molar-refractivity contribution in [2.24, 2.45) is 0 Å². The number of nitrogens with zero attached hydrogens (tertiary/aromatic N) is 4. The lowest BCUT2D eigenvalue weighted by molar-refractivity contribution is 0.0169. The summed E-state index contributed by atoms with van der Waals surface area (Å²) in [6, 6.07) is 5.92. The third kappa shape index (κ3) is 5.24. The molecular formula is C22H23F3N4O3. The zero-order chi connectivity index (χ0) is 23.5. The number of benzene rings is 1. The Bertz CT molecular complexity index is 1080. The lowest BCUT2D eigenvalue weighted by atomic mass is 10.0. The molecule has 0 fully saturated rings. The van der Waals surface area contributed by atoms with Gasteiger partial charge in [0.05, 0.1) is 17.2 Å². The molecule has 0 spiro atoms. The Hall–Kier alpha value is -3.43. The van der Waals surface area contributed by atoms with Gasteiger partial charge in [-0.2, -0.15) is 0 Å². The predicted molar refractivity (Wildman–Crippen MR) is 110 cm³/mol. The number of halogens is 3. The van der Waals surface area contributed by atoms with Crippen molar-refractivity contribution in [3.8, 4) is 17.3 Å². The van der Waals surface area contributed by atoms with E-state index in [1.807, 2.05) is 0 Å². The molecule has 0 saturated carbocycles. The Morgan fingerprint density at radius 1 is 1.25 bits per heavy atom. The summed E-state index contributed by atoms with van der Waals surface area (Å²) in [5.74, 6) is -3.41. The minimum Gasteiger partial charge on any atom is -0.475 e. The van der Waals surface area contributed by atoms with E-state index in [-0.39, 0.29) is 46.9 Å². The number of hydrogen-bond acceptors (Lipinski definition) is 6. The number of carbonyl (C=O) groups excluding carboxylic acids is 1. The summed E-state index contributed by atoms with van der Waals surface area (Å²) in [6.45, 7) is 6.37. The van der Waals surface area contributed by atoms with E-state index in [4.69, 9.17) is 9.15 Å². The maximum Gasteiger partial charge on any atom is 0.272 e. The molecule has 0 saturated heterocycles. The molecule has 0 aliphatic rings. The SMILES string of the molecule is CCN(C(=O)c1ccc(F)cc1-c1nnc(C)o1)[C@@H](C)COc1ccc(C(C)(F)F)cn1. The number of aryl methyl sites for hydroxylation is 1. The number of rotatable bonds is 8. The first-order valence-electron chi connectivity index (χ1n) is 9.98. The van der Waals surface area contributed by atoms with Gasteiger partial charge in [0.25, 0.3) is 11.8 Å². The Morgan fingerprint density at radius 2 is 2.00 bits per heavy atom. The van der Waals surface area contributed by atoms with Gasteiger partial charge in [0.2, 0.25) is 17.7 Å². The van der Waals surface area contributed by atoms with Crippen LogP contribution in [0.3, 0.4) is 0 Å². The molecule has 0 unspecified atom stereocenters. The van der Waals surface area contributed by atoms with Crippen molar-refractivity contribution < 1.29 is 27.1 Å². The summed E-state index contributed by atoms with van der Waals surface area (Å²) in [5, 5.41) is 7.63. The van der Waals surface area contributed by atoms with Crippen molar-refractivity contribution >= 4 is 5.91 Å². The first kappa shape index (κ1) is 23.2. The van der Waals surface area contributed by atoms with E-state index in [9.17, 15) is 18.0 Å². The van der Waals surface area contributed by atoms with Gasteiger partial charge >= 0.3 is 0 Å². The summed E-state index contributed by atoms with van der Waals surface area (Å²) in [4.78, 5) is 18.7. The van der Waals surface area contributed by atoms with Crippen molar-refractivity contribution in [2.75, 3.05) is 13.2 Å². The summed E-state index contributed by atoms with van der Waals surface area (Å²) < 4.78 is 51.5. The highest BCUT2D eigenvalue weighted by molar-refractivity contribution is 6.00. The predicted octanol–water partition coefficient (Wildman–Crippen LogP) is 4.62. The molecule has 32 heavy (non-hydrogen) atoms. The van der Waals surface area contributed by atoms with Crippen molar-refractivity contribution in [3.05, 3.63) is 59.4 Å². The molecule has 2 heterocycles.